The smallest absolute Gasteiger partial charge is 0.305 e. The largest absolute Gasteiger partial charge is 0.466 e. The van der Waals surface area contributed by atoms with E-state index in [0.29, 0.717) is 37.2 Å². The minimum atomic E-state index is -0.565. The molecule has 5 heteroatoms. The van der Waals surface area contributed by atoms with Crippen LogP contribution >= 0.6 is 0 Å². The molecule has 4 aliphatic carbocycles. The van der Waals surface area contributed by atoms with Gasteiger partial charge in [-0.3, -0.25) is 9.59 Å². The van der Waals surface area contributed by atoms with Crippen LogP contribution < -0.4 is 5.32 Å². The van der Waals surface area contributed by atoms with Crippen LogP contribution in [0, 0.1) is 40.4 Å². The number of aliphatic hydroxyl groups is 1. The summed E-state index contributed by atoms with van der Waals surface area (Å²) in [5.41, 5.74) is 1.75. The summed E-state index contributed by atoms with van der Waals surface area (Å²) < 4.78 is 4.97. The van der Waals surface area contributed by atoms with E-state index in [1.54, 1.807) is 5.57 Å². The fraction of sp³-hybridized carbons (Fsp3) is 0.879. The topological polar surface area (TPSA) is 75.6 Å². The first kappa shape index (κ1) is 29.6. The summed E-state index contributed by atoms with van der Waals surface area (Å²) in [5, 5.41) is 13.6. The Morgan fingerprint density at radius 3 is 2.61 bits per heavy atom. The predicted molar refractivity (Wildman–Crippen MR) is 152 cm³/mol. The first-order chi connectivity index (χ1) is 17.9. The normalized spacial score (nSPS) is 37.3. The lowest BCUT2D eigenvalue weighted by Crippen LogP contribution is -2.52. The number of allylic oxidation sites excluding steroid dienone is 1. The van der Waals surface area contributed by atoms with E-state index in [9.17, 15) is 14.7 Å². The van der Waals surface area contributed by atoms with Crippen LogP contribution in [-0.2, 0) is 14.3 Å². The highest BCUT2D eigenvalue weighted by molar-refractivity contribution is 5.77. The molecule has 0 radical (unpaired) electrons. The third kappa shape index (κ3) is 6.18. The molecule has 0 saturated heterocycles. The lowest BCUT2D eigenvalue weighted by atomic mass is 9.47. The van der Waals surface area contributed by atoms with Crippen LogP contribution in [0.15, 0.2) is 11.6 Å². The third-order valence-electron chi connectivity index (χ3n) is 11.5. The highest BCUT2D eigenvalue weighted by Crippen LogP contribution is 2.67. The highest BCUT2D eigenvalue weighted by atomic mass is 16.5. The Balaban J connectivity index is 1.35. The first-order valence-electron chi connectivity index (χ1n) is 15.7. The third-order valence-corrected chi connectivity index (χ3v) is 11.5. The molecule has 0 aliphatic heterocycles. The summed E-state index contributed by atoms with van der Waals surface area (Å²) in [4.78, 5) is 24.1. The number of hydrogen-bond donors (Lipinski definition) is 2. The second kappa shape index (κ2) is 11.6. The molecule has 3 saturated carbocycles. The van der Waals surface area contributed by atoms with Gasteiger partial charge in [0.15, 0.2) is 0 Å². The summed E-state index contributed by atoms with van der Waals surface area (Å²) >= 11 is 0. The molecule has 5 nitrogen and oxygen atoms in total. The Labute approximate surface area is 231 Å². The van der Waals surface area contributed by atoms with Crippen LogP contribution in [0.25, 0.3) is 0 Å². The number of hydrogen-bond acceptors (Lipinski definition) is 4. The fourth-order valence-corrected chi connectivity index (χ4v) is 9.47. The first-order valence-corrected chi connectivity index (χ1v) is 15.7. The van der Waals surface area contributed by atoms with E-state index in [-0.39, 0.29) is 23.3 Å². The Hall–Kier alpha value is -1.36. The van der Waals surface area contributed by atoms with Gasteiger partial charge in [0.05, 0.1) is 12.2 Å². The molecule has 0 aromatic heterocycles. The van der Waals surface area contributed by atoms with Gasteiger partial charge in [0.2, 0.25) is 5.91 Å². The van der Waals surface area contributed by atoms with E-state index >= 15 is 0 Å². The number of rotatable bonds is 10. The number of carbonyl (C=O) groups is 2. The summed E-state index contributed by atoms with van der Waals surface area (Å²) in [7, 11) is 0. The molecule has 0 aromatic rings. The minimum absolute atomic E-state index is 0.0707. The van der Waals surface area contributed by atoms with Gasteiger partial charge < -0.3 is 15.2 Å². The van der Waals surface area contributed by atoms with Gasteiger partial charge in [-0.15, -0.1) is 0 Å². The molecule has 1 amide bonds. The van der Waals surface area contributed by atoms with Crippen molar-refractivity contribution in [2.45, 2.75) is 137 Å². The number of ether oxygens (including phenoxy) is 1. The maximum Gasteiger partial charge on any atom is 0.305 e. The summed E-state index contributed by atoms with van der Waals surface area (Å²) in [5.74, 6) is 3.70. The zero-order chi connectivity index (χ0) is 27.7. The SMILES string of the molecule is CCOC(=O)CCCC(=O)N[C@H]1CC[C@@]2(C)C(=CCC3C4CCC(C(C)CCC(C)(C)O)[C@@]4(C)CCC32)C1. The zero-order valence-electron chi connectivity index (χ0n) is 25.1. The second-order valence-corrected chi connectivity index (χ2v) is 14.5. The molecule has 216 valence electrons. The molecule has 0 spiro atoms. The molecule has 8 atom stereocenters. The van der Waals surface area contributed by atoms with Gasteiger partial charge in [-0.1, -0.05) is 32.4 Å². The molecule has 4 rings (SSSR count). The van der Waals surface area contributed by atoms with Gasteiger partial charge in [-0.25, -0.2) is 0 Å². The molecule has 5 unspecified atom stereocenters. The van der Waals surface area contributed by atoms with E-state index in [2.05, 4.69) is 32.2 Å². The van der Waals surface area contributed by atoms with E-state index < -0.39 is 5.60 Å². The second-order valence-electron chi connectivity index (χ2n) is 14.5. The van der Waals surface area contributed by atoms with Crippen LogP contribution in [0.3, 0.4) is 0 Å². The van der Waals surface area contributed by atoms with Crippen molar-refractivity contribution in [3.63, 3.8) is 0 Å². The van der Waals surface area contributed by atoms with E-state index in [1.807, 2.05) is 20.8 Å². The maximum atomic E-state index is 12.6. The molecule has 0 heterocycles. The van der Waals surface area contributed by atoms with Crippen LogP contribution in [0.2, 0.25) is 0 Å². The monoisotopic (exact) mass is 529 g/mol. The molecular formula is C33H55NO4. The van der Waals surface area contributed by atoms with Crippen LogP contribution in [0.4, 0.5) is 0 Å². The van der Waals surface area contributed by atoms with E-state index in [4.69, 9.17) is 4.74 Å². The predicted octanol–water partition coefficient (Wildman–Crippen LogP) is 6.97. The number of carbonyl (C=O) groups excluding carboxylic acids is 2. The van der Waals surface area contributed by atoms with Crippen molar-refractivity contribution >= 4 is 11.9 Å². The number of nitrogens with one attached hydrogen (secondary N) is 1. The van der Waals surface area contributed by atoms with Crippen molar-refractivity contribution in [3.05, 3.63) is 11.6 Å². The Morgan fingerprint density at radius 1 is 1.13 bits per heavy atom. The van der Waals surface area contributed by atoms with Gasteiger partial charge in [0.25, 0.3) is 0 Å². The molecule has 0 bridgehead atoms. The molecule has 38 heavy (non-hydrogen) atoms. The lowest BCUT2D eigenvalue weighted by molar-refractivity contribution is -0.143. The minimum Gasteiger partial charge on any atom is -0.466 e. The number of amides is 1. The average molecular weight is 530 g/mol. The van der Waals surface area contributed by atoms with Gasteiger partial charge >= 0.3 is 5.97 Å². The lowest BCUT2D eigenvalue weighted by Gasteiger charge is -2.58. The van der Waals surface area contributed by atoms with Gasteiger partial charge in [-0.05, 0) is 132 Å². The summed E-state index contributed by atoms with van der Waals surface area (Å²) in [6, 6.07) is 0.224. The van der Waals surface area contributed by atoms with Gasteiger partial charge in [0.1, 0.15) is 0 Å². The van der Waals surface area contributed by atoms with Gasteiger partial charge in [0, 0.05) is 18.9 Å². The Bertz CT molecular complexity index is 890. The molecule has 3 fully saturated rings. The Kier molecular flexibility index (Phi) is 9.06. The van der Waals surface area contributed by atoms with Crippen molar-refractivity contribution < 1.29 is 19.4 Å². The van der Waals surface area contributed by atoms with Crippen molar-refractivity contribution in [2.24, 2.45) is 40.4 Å². The summed E-state index contributed by atoms with van der Waals surface area (Å²) in [6.45, 7) is 13.7. The van der Waals surface area contributed by atoms with Crippen molar-refractivity contribution in [2.75, 3.05) is 6.61 Å². The maximum absolute atomic E-state index is 12.6. The van der Waals surface area contributed by atoms with E-state index in [0.717, 1.165) is 49.4 Å². The molecule has 4 aliphatic rings. The molecule has 0 aromatic carbocycles. The standard InChI is InChI=1S/C33H55NO4/c1-7-38-30(36)10-8-9-29(35)34-24-16-19-32(5)23(21-24)11-12-25-27-14-13-26(22(2)15-18-31(3,4)37)33(27,6)20-17-28(25)32/h11,22,24-28,37H,7-10,12-21H2,1-6H3,(H,34,35)/t22?,24-,25?,26?,27?,28?,32-,33+/m0/s1. The molecule has 2 N–H and O–H groups in total. The summed E-state index contributed by atoms with van der Waals surface area (Å²) in [6.07, 6.45) is 15.7. The highest BCUT2D eigenvalue weighted by Gasteiger charge is 2.59. The van der Waals surface area contributed by atoms with Crippen molar-refractivity contribution in [1.82, 2.24) is 5.32 Å². The van der Waals surface area contributed by atoms with Crippen molar-refractivity contribution in [3.8, 4) is 0 Å². The van der Waals surface area contributed by atoms with Gasteiger partial charge in [-0.2, -0.15) is 0 Å². The van der Waals surface area contributed by atoms with Crippen molar-refractivity contribution in [1.29, 1.82) is 0 Å². The number of esters is 1. The Morgan fingerprint density at radius 2 is 1.89 bits per heavy atom. The van der Waals surface area contributed by atoms with Crippen LogP contribution in [0.1, 0.15) is 125 Å². The molecular weight excluding hydrogens is 474 g/mol. The van der Waals surface area contributed by atoms with E-state index in [1.165, 1.54) is 38.5 Å². The zero-order valence-corrected chi connectivity index (χ0v) is 25.1. The number of fused-ring (bicyclic) bond motifs is 5. The fourth-order valence-electron chi connectivity index (χ4n) is 9.47. The van der Waals surface area contributed by atoms with Crippen LogP contribution in [0.5, 0.6) is 0 Å². The quantitative estimate of drug-likeness (QED) is 0.237. The average Bonchev–Trinajstić information content (AvgIpc) is 3.20. The van der Waals surface area contributed by atoms with Crippen LogP contribution in [-0.4, -0.2) is 35.2 Å².